The summed E-state index contributed by atoms with van der Waals surface area (Å²) in [7, 11) is 1.70. The van der Waals surface area contributed by atoms with Crippen molar-refractivity contribution in [2.75, 3.05) is 30.4 Å². The highest BCUT2D eigenvalue weighted by molar-refractivity contribution is 14.1. The van der Waals surface area contributed by atoms with E-state index in [9.17, 15) is 14.9 Å². The van der Waals surface area contributed by atoms with E-state index >= 15 is 0 Å². The Morgan fingerprint density at radius 2 is 2.21 bits per heavy atom. The molecule has 0 spiro atoms. The highest BCUT2D eigenvalue weighted by atomic mass is 127. The SMILES string of the molecule is CN(CCO)c1cc(NC(=O)O)c([N+](=O)[O-])cc1I. The van der Waals surface area contributed by atoms with Crippen molar-refractivity contribution in [1.82, 2.24) is 0 Å². The lowest BCUT2D eigenvalue weighted by Crippen LogP contribution is -2.22. The van der Waals surface area contributed by atoms with E-state index in [1.54, 1.807) is 11.9 Å². The number of rotatable bonds is 5. The normalized spacial score (nSPS) is 10.1. The number of halogens is 1. The first kappa shape index (κ1) is 15.4. The van der Waals surface area contributed by atoms with Gasteiger partial charge in [0.05, 0.1) is 17.2 Å². The number of aliphatic hydroxyl groups is 1. The lowest BCUT2D eigenvalue weighted by Gasteiger charge is -2.20. The van der Waals surface area contributed by atoms with E-state index in [0.717, 1.165) is 0 Å². The highest BCUT2D eigenvalue weighted by Gasteiger charge is 2.20. The van der Waals surface area contributed by atoms with Gasteiger partial charge in [0.2, 0.25) is 0 Å². The van der Waals surface area contributed by atoms with Crippen molar-refractivity contribution in [2.24, 2.45) is 0 Å². The molecule has 1 rings (SSSR count). The maximum atomic E-state index is 10.9. The molecule has 1 aromatic rings. The van der Waals surface area contributed by atoms with Crippen molar-refractivity contribution >= 4 is 45.7 Å². The van der Waals surface area contributed by atoms with Crippen LogP contribution < -0.4 is 10.2 Å². The number of hydrogen-bond acceptors (Lipinski definition) is 5. The van der Waals surface area contributed by atoms with Crippen LogP contribution in [0.5, 0.6) is 0 Å². The summed E-state index contributed by atoms with van der Waals surface area (Å²) in [6.07, 6.45) is -1.37. The van der Waals surface area contributed by atoms with Gasteiger partial charge < -0.3 is 15.1 Å². The minimum Gasteiger partial charge on any atom is -0.465 e. The molecule has 0 atom stereocenters. The third-order valence-electron chi connectivity index (χ3n) is 2.35. The third-order valence-corrected chi connectivity index (χ3v) is 3.21. The first-order valence-corrected chi connectivity index (χ1v) is 6.24. The van der Waals surface area contributed by atoms with Crippen LogP contribution in [-0.2, 0) is 0 Å². The van der Waals surface area contributed by atoms with Gasteiger partial charge in [-0.2, -0.15) is 0 Å². The number of nitro groups is 1. The van der Waals surface area contributed by atoms with E-state index in [0.29, 0.717) is 15.8 Å². The van der Waals surface area contributed by atoms with Gasteiger partial charge in [-0.3, -0.25) is 15.4 Å². The monoisotopic (exact) mass is 381 g/mol. The number of likely N-dealkylation sites (N-methyl/N-ethyl adjacent to an activating group) is 1. The van der Waals surface area contributed by atoms with Crippen LogP contribution >= 0.6 is 22.6 Å². The Labute approximate surface area is 122 Å². The molecule has 19 heavy (non-hydrogen) atoms. The molecule has 9 heteroatoms. The molecule has 0 aliphatic rings. The van der Waals surface area contributed by atoms with Crippen molar-refractivity contribution in [1.29, 1.82) is 0 Å². The van der Waals surface area contributed by atoms with Gasteiger partial charge in [-0.1, -0.05) is 0 Å². The number of nitrogens with one attached hydrogen (secondary N) is 1. The van der Waals surface area contributed by atoms with Crippen LogP contribution in [0, 0.1) is 13.7 Å². The van der Waals surface area contributed by atoms with E-state index in [-0.39, 0.29) is 18.0 Å². The largest absolute Gasteiger partial charge is 0.465 e. The van der Waals surface area contributed by atoms with E-state index in [2.05, 4.69) is 0 Å². The van der Waals surface area contributed by atoms with Crippen LogP contribution in [0.3, 0.4) is 0 Å². The zero-order valence-corrected chi connectivity index (χ0v) is 12.1. The van der Waals surface area contributed by atoms with Crippen molar-refractivity contribution < 1.29 is 19.9 Å². The Morgan fingerprint density at radius 1 is 1.58 bits per heavy atom. The molecule has 0 bridgehead atoms. The molecule has 0 saturated heterocycles. The van der Waals surface area contributed by atoms with Gasteiger partial charge in [0.15, 0.2) is 0 Å². The Balaban J connectivity index is 3.28. The summed E-state index contributed by atoms with van der Waals surface area (Å²) in [5.74, 6) is 0. The Hall–Kier alpha value is -1.62. The van der Waals surface area contributed by atoms with E-state index in [1.165, 1.54) is 12.1 Å². The van der Waals surface area contributed by atoms with Crippen molar-refractivity contribution in [3.8, 4) is 0 Å². The molecule has 104 valence electrons. The number of carbonyl (C=O) groups is 1. The van der Waals surface area contributed by atoms with Crippen LogP contribution in [0.1, 0.15) is 0 Å². The molecule has 0 radical (unpaired) electrons. The standard InChI is InChI=1S/C10H12IN3O5/c1-13(2-3-15)8-5-7(12-10(16)17)9(14(18)19)4-6(8)11/h4-5,12,15H,2-3H2,1H3,(H,16,17). The van der Waals surface area contributed by atoms with E-state index < -0.39 is 11.0 Å². The minimum absolute atomic E-state index is 0.0781. The van der Waals surface area contributed by atoms with Crippen LogP contribution in [0.4, 0.5) is 21.9 Å². The van der Waals surface area contributed by atoms with Crippen molar-refractivity contribution in [3.05, 3.63) is 25.8 Å². The number of anilines is 2. The topological polar surface area (TPSA) is 116 Å². The minimum atomic E-state index is -1.37. The molecule has 0 aromatic heterocycles. The van der Waals surface area contributed by atoms with Gasteiger partial charge >= 0.3 is 6.09 Å². The molecule has 0 fully saturated rings. The molecule has 0 aliphatic carbocycles. The number of hydrogen-bond donors (Lipinski definition) is 3. The first-order valence-electron chi connectivity index (χ1n) is 5.16. The van der Waals surface area contributed by atoms with Crippen LogP contribution in [0.15, 0.2) is 12.1 Å². The maximum absolute atomic E-state index is 10.9. The van der Waals surface area contributed by atoms with Crippen molar-refractivity contribution in [2.45, 2.75) is 0 Å². The fourth-order valence-electron chi connectivity index (χ4n) is 1.48. The number of amides is 1. The predicted octanol–water partition coefficient (Wildman–Crippen LogP) is 1.72. The van der Waals surface area contributed by atoms with Crippen LogP contribution in [-0.4, -0.2) is 41.4 Å². The van der Waals surface area contributed by atoms with Gasteiger partial charge in [0, 0.05) is 23.2 Å². The summed E-state index contributed by atoms with van der Waals surface area (Å²) in [6, 6.07) is 2.67. The zero-order chi connectivity index (χ0) is 14.6. The molecule has 1 aromatic carbocycles. The second-order valence-electron chi connectivity index (χ2n) is 3.65. The fourth-order valence-corrected chi connectivity index (χ4v) is 2.34. The maximum Gasteiger partial charge on any atom is 0.409 e. The average Bonchev–Trinajstić information content (AvgIpc) is 2.30. The number of nitro benzene ring substituents is 1. The molecular weight excluding hydrogens is 369 g/mol. The smallest absolute Gasteiger partial charge is 0.409 e. The van der Waals surface area contributed by atoms with Gasteiger partial charge in [0.25, 0.3) is 5.69 Å². The van der Waals surface area contributed by atoms with E-state index in [1.807, 2.05) is 27.9 Å². The number of benzene rings is 1. The quantitative estimate of drug-likeness (QED) is 0.406. The molecule has 0 unspecified atom stereocenters. The lowest BCUT2D eigenvalue weighted by molar-refractivity contribution is -0.384. The number of nitrogens with zero attached hydrogens (tertiary/aromatic N) is 2. The third kappa shape index (κ3) is 3.92. The first-order chi connectivity index (χ1) is 8.86. The van der Waals surface area contributed by atoms with Gasteiger partial charge in [0.1, 0.15) is 5.69 Å². The molecule has 0 heterocycles. The fraction of sp³-hybridized carbons (Fsp3) is 0.300. The van der Waals surface area contributed by atoms with Gasteiger partial charge in [-0.05, 0) is 28.7 Å². The second-order valence-corrected chi connectivity index (χ2v) is 4.82. The zero-order valence-electron chi connectivity index (χ0n) is 9.96. The molecular formula is C10H12IN3O5. The number of aliphatic hydroxyl groups excluding tert-OH is 1. The Bertz CT molecular complexity index is 508. The Kier molecular flexibility index (Phi) is 5.30. The van der Waals surface area contributed by atoms with E-state index in [4.69, 9.17) is 10.2 Å². The summed E-state index contributed by atoms with van der Waals surface area (Å²) in [5, 5.41) is 30.5. The summed E-state index contributed by atoms with van der Waals surface area (Å²) in [4.78, 5) is 22.6. The Morgan fingerprint density at radius 3 is 2.68 bits per heavy atom. The average molecular weight is 381 g/mol. The lowest BCUT2D eigenvalue weighted by atomic mass is 10.2. The number of carboxylic acid groups (broad SMARTS) is 1. The summed E-state index contributed by atoms with van der Waals surface area (Å²) in [6.45, 7) is 0.256. The van der Waals surface area contributed by atoms with Gasteiger partial charge in [-0.25, -0.2) is 4.79 Å². The van der Waals surface area contributed by atoms with Crippen molar-refractivity contribution in [3.63, 3.8) is 0 Å². The molecule has 8 nitrogen and oxygen atoms in total. The molecule has 3 N–H and O–H groups in total. The second kappa shape index (κ2) is 6.52. The highest BCUT2D eigenvalue weighted by Crippen LogP contribution is 2.33. The molecule has 1 amide bonds. The molecule has 0 saturated carbocycles. The van der Waals surface area contributed by atoms with Gasteiger partial charge in [-0.15, -0.1) is 0 Å². The summed E-state index contributed by atoms with van der Waals surface area (Å²) in [5.41, 5.74) is 0.189. The molecule has 0 aliphatic heterocycles. The van der Waals surface area contributed by atoms with Crippen LogP contribution in [0.2, 0.25) is 0 Å². The summed E-state index contributed by atoms with van der Waals surface area (Å²) < 4.78 is 0.594. The van der Waals surface area contributed by atoms with Crippen LogP contribution in [0.25, 0.3) is 0 Å². The summed E-state index contributed by atoms with van der Waals surface area (Å²) >= 11 is 1.92. The predicted molar refractivity (Wildman–Crippen MR) is 77.8 cm³/mol.